The lowest BCUT2D eigenvalue weighted by Gasteiger charge is -2.29. The third-order valence-electron chi connectivity index (χ3n) is 5.71. The maximum absolute atomic E-state index is 4.30. The molecule has 1 saturated heterocycles. The molecule has 1 fully saturated rings. The number of nitrogens with zero attached hydrogens (tertiary/aromatic N) is 1. The minimum atomic E-state index is 0.167. The Morgan fingerprint density at radius 3 is 2.35 bits per heavy atom. The summed E-state index contributed by atoms with van der Waals surface area (Å²) in [7, 11) is 0. The van der Waals surface area contributed by atoms with Gasteiger partial charge in [0.05, 0.1) is 17.8 Å². The minimum absolute atomic E-state index is 0.167. The van der Waals surface area contributed by atoms with E-state index in [-0.39, 0.29) is 12.1 Å². The first-order valence-electron chi connectivity index (χ1n) is 11.9. The van der Waals surface area contributed by atoms with Gasteiger partial charge in [-0.1, -0.05) is 87.7 Å². The zero-order valence-electron chi connectivity index (χ0n) is 20.4. The molecule has 170 valence electrons. The van der Waals surface area contributed by atoms with Crippen LogP contribution < -0.4 is 21.3 Å². The van der Waals surface area contributed by atoms with E-state index in [4.69, 9.17) is 0 Å². The summed E-state index contributed by atoms with van der Waals surface area (Å²) in [5.41, 5.74) is 17.8. The Bertz CT molecular complexity index is 812. The van der Waals surface area contributed by atoms with Gasteiger partial charge in [-0.05, 0) is 50.8 Å². The first-order valence-corrected chi connectivity index (χ1v) is 11.9. The lowest BCUT2D eigenvalue weighted by Crippen LogP contribution is -2.43. The second-order valence-electron chi connectivity index (χ2n) is 8.29. The molecule has 3 rings (SSSR count). The van der Waals surface area contributed by atoms with Gasteiger partial charge in [-0.15, -0.1) is 0 Å². The molecule has 31 heavy (non-hydrogen) atoms. The second-order valence-corrected chi connectivity index (χ2v) is 8.29. The van der Waals surface area contributed by atoms with Gasteiger partial charge in [0.1, 0.15) is 0 Å². The molecule has 1 aliphatic heterocycles. The van der Waals surface area contributed by atoms with Gasteiger partial charge in [0.15, 0.2) is 0 Å². The van der Waals surface area contributed by atoms with Crippen molar-refractivity contribution < 1.29 is 0 Å². The number of benzene rings is 2. The molecule has 0 saturated carbocycles. The molecule has 1 aliphatic rings. The predicted molar refractivity (Wildman–Crippen MR) is 135 cm³/mol. The van der Waals surface area contributed by atoms with Gasteiger partial charge in [0.2, 0.25) is 0 Å². The average Bonchev–Trinajstić information content (AvgIpc) is 3.20. The number of hydrogen-bond donors (Lipinski definition) is 3. The molecule has 4 nitrogen and oxygen atoms in total. The Balaban J connectivity index is 0.00000166. The SMILES string of the molecule is C=C(NNCCCCC)C1CC(c2ccc(C)cc2)N(c2ccc(C)cc2C)N1.CC. The molecular formula is C27H42N4. The molecular weight excluding hydrogens is 380 g/mol. The highest BCUT2D eigenvalue weighted by molar-refractivity contribution is 5.56. The Kier molecular flexibility index (Phi) is 10.1. The summed E-state index contributed by atoms with van der Waals surface area (Å²) >= 11 is 0. The van der Waals surface area contributed by atoms with E-state index in [1.165, 1.54) is 47.2 Å². The summed E-state index contributed by atoms with van der Waals surface area (Å²) in [6, 6.07) is 16.0. The van der Waals surface area contributed by atoms with Gasteiger partial charge in [0, 0.05) is 12.2 Å². The largest absolute Gasteiger partial charge is 0.325 e. The van der Waals surface area contributed by atoms with Crippen molar-refractivity contribution in [2.24, 2.45) is 0 Å². The van der Waals surface area contributed by atoms with Crippen LogP contribution in [0.1, 0.15) is 74.8 Å². The Morgan fingerprint density at radius 1 is 1.03 bits per heavy atom. The van der Waals surface area contributed by atoms with E-state index in [0.717, 1.165) is 18.7 Å². The van der Waals surface area contributed by atoms with Crippen LogP contribution in [0.25, 0.3) is 0 Å². The molecule has 2 atom stereocenters. The maximum atomic E-state index is 4.30. The van der Waals surface area contributed by atoms with Crippen molar-refractivity contribution in [3.63, 3.8) is 0 Å². The number of unbranched alkanes of at least 4 members (excludes halogenated alkanes) is 2. The Labute approximate surface area is 190 Å². The summed E-state index contributed by atoms with van der Waals surface area (Å²) in [6.45, 7) is 17.9. The van der Waals surface area contributed by atoms with Gasteiger partial charge in [-0.2, -0.15) is 0 Å². The van der Waals surface area contributed by atoms with Crippen molar-refractivity contribution in [1.29, 1.82) is 0 Å². The van der Waals surface area contributed by atoms with Crippen molar-refractivity contribution in [3.05, 3.63) is 77.0 Å². The van der Waals surface area contributed by atoms with Crippen molar-refractivity contribution in [3.8, 4) is 0 Å². The van der Waals surface area contributed by atoms with Gasteiger partial charge in [0.25, 0.3) is 0 Å². The Hall–Kier alpha value is -2.30. The normalized spacial score (nSPS) is 17.8. The molecule has 0 amide bonds. The lowest BCUT2D eigenvalue weighted by molar-refractivity contribution is 0.516. The van der Waals surface area contributed by atoms with Gasteiger partial charge in [-0.3, -0.25) is 5.01 Å². The monoisotopic (exact) mass is 422 g/mol. The van der Waals surface area contributed by atoms with Crippen LogP contribution in [0.3, 0.4) is 0 Å². The van der Waals surface area contributed by atoms with Gasteiger partial charge < -0.3 is 5.43 Å². The summed E-state index contributed by atoms with van der Waals surface area (Å²) in [4.78, 5) is 0. The van der Waals surface area contributed by atoms with Crippen molar-refractivity contribution in [2.75, 3.05) is 11.6 Å². The highest BCUT2D eigenvalue weighted by Crippen LogP contribution is 2.37. The van der Waals surface area contributed by atoms with E-state index in [1.54, 1.807) is 0 Å². The molecule has 2 aromatic carbocycles. The zero-order valence-corrected chi connectivity index (χ0v) is 20.4. The second kappa shape index (κ2) is 12.5. The lowest BCUT2D eigenvalue weighted by atomic mass is 9.98. The number of rotatable bonds is 9. The molecule has 0 aromatic heterocycles. The highest BCUT2D eigenvalue weighted by atomic mass is 15.6. The fraction of sp³-hybridized carbons (Fsp3) is 0.481. The van der Waals surface area contributed by atoms with Gasteiger partial charge in [-0.25, -0.2) is 10.9 Å². The smallest absolute Gasteiger partial charge is 0.0724 e. The van der Waals surface area contributed by atoms with E-state index in [9.17, 15) is 0 Å². The van der Waals surface area contributed by atoms with Crippen LogP contribution in [-0.4, -0.2) is 12.6 Å². The topological polar surface area (TPSA) is 39.3 Å². The fourth-order valence-electron chi connectivity index (χ4n) is 3.97. The van der Waals surface area contributed by atoms with Crippen LogP contribution in [0, 0.1) is 20.8 Å². The third kappa shape index (κ3) is 6.84. The van der Waals surface area contributed by atoms with E-state index in [2.05, 4.69) is 98.0 Å². The molecule has 4 heteroatoms. The van der Waals surface area contributed by atoms with Crippen LogP contribution in [0.15, 0.2) is 54.7 Å². The maximum Gasteiger partial charge on any atom is 0.0724 e. The van der Waals surface area contributed by atoms with Crippen molar-refractivity contribution in [1.82, 2.24) is 16.3 Å². The molecule has 0 radical (unpaired) electrons. The molecule has 3 N–H and O–H groups in total. The number of hydrazine groups is 2. The van der Waals surface area contributed by atoms with E-state index in [1.807, 2.05) is 13.8 Å². The van der Waals surface area contributed by atoms with Gasteiger partial charge >= 0.3 is 0 Å². The summed E-state index contributed by atoms with van der Waals surface area (Å²) in [6.07, 6.45) is 4.63. The van der Waals surface area contributed by atoms with E-state index < -0.39 is 0 Å². The summed E-state index contributed by atoms with van der Waals surface area (Å²) in [5.74, 6) is 0. The first kappa shape index (κ1) is 25.0. The molecule has 2 aromatic rings. The van der Waals surface area contributed by atoms with Crippen LogP contribution in [0.2, 0.25) is 0 Å². The van der Waals surface area contributed by atoms with E-state index in [0.29, 0.717) is 0 Å². The van der Waals surface area contributed by atoms with Crippen LogP contribution in [0.4, 0.5) is 5.69 Å². The number of anilines is 1. The number of aryl methyl sites for hydroxylation is 3. The standard InChI is InChI=1S/C25H36N4.C2H6/c1-6-7-8-15-26-27-21(5)23-17-25(22-12-9-18(2)10-13-22)29(28-23)24-14-11-19(3)16-20(24)4;1-2/h9-14,16,23,25-28H,5-8,15,17H2,1-4H3;1-2H3. The van der Waals surface area contributed by atoms with Crippen molar-refractivity contribution >= 4 is 5.69 Å². The number of nitrogens with one attached hydrogen (secondary N) is 3. The minimum Gasteiger partial charge on any atom is -0.325 e. The first-order chi connectivity index (χ1) is 15.0. The van der Waals surface area contributed by atoms with E-state index >= 15 is 0 Å². The highest BCUT2D eigenvalue weighted by Gasteiger charge is 2.35. The summed E-state index contributed by atoms with van der Waals surface area (Å²) < 4.78 is 0. The van der Waals surface area contributed by atoms with Crippen molar-refractivity contribution in [2.45, 2.75) is 79.3 Å². The average molecular weight is 423 g/mol. The van der Waals surface area contributed by atoms with Crippen LogP contribution in [0.5, 0.6) is 0 Å². The predicted octanol–water partition coefficient (Wildman–Crippen LogP) is 6.26. The molecule has 0 bridgehead atoms. The molecule has 2 unspecified atom stereocenters. The molecule has 0 aliphatic carbocycles. The van der Waals surface area contributed by atoms with Crippen LogP contribution in [-0.2, 0) is 0 Å². The number of hydrogen-bond acceptors (Lipinski definition) is 4. The molecule has 0 spiro atoms. The quantitative estimate of drug-likeness (QED) is 0.329. The Morgan fingerprint density at radius 2 is 1.71 bits per heavy atom. The fourth-order valence-corrected chi connectivity index (χ4v) is 3.97. The summed E-state index contributed by atoms with van der Waals surface area (Å²) in [5, 5.41) is 2.33. The molecule has 1 heterocycles. The van der Waals surface area contributed by atoms with Crippen LogP contribution >= 0.6 is 0 Å². The third-order valence-corrected chi connectivity index (χ3v) is 5.71. The zero-order chi connectivity index (χ0) is 22.8.